The third kappa shape index (κ3) is 3.57. The lowest BCUT2D eigenvalue weighted by Crippen LogP contribution is -2.20. The summed E-state index contributed by atoms with van der Waals surface area (Å²) in [5, 5.41) is 3.51. The van der Waals surface area contributed by atoms with Crippen LogP contribution in [0.3, 0.4) is 0 Å². The molecule has 0 aliphatic rings. The number of hydrogen-bond acceptors (Lipinski definition) is 2. The minimum absolute atomic E-state index is 0.563. The molecule has 0 saturated carbocycles. The lowest BCUT2D eigenvalue weighted by molar-refractivity contribution is 0.602. The lowest BCUT2D eigenvalue weighted by Gasteiger charge is -2.17. The number of hydrogen-bond donors (Lipinski definition) is 1. The second kappa shape index (κ2) is 6.49. The van der Waals surface area contributed by atoms with Crippen molar-refractivity contribution < 1.29 is 0 Å². The van der Waals surface area contributed by atoms with Gasteiger partial charge in [-0.2, -0.15) is 0 Å². The van der Waals surface area contributed by atoms with Crippen molar-refractivity contribution in [3.05, 3.63) is 12.4 Å². The van der Waals surface area contributed by atoms with Gasteiger partial charge in [0.05, 0.1) is 0 Å². The Kier molecular flexibility index (Phi) is 5.22. The summed E-state index contributed by atoms with van der Waals surface area (Å²) < 4.78 is 2.19. The van der Waals surface area contributed by atoms with Gasteiger partial charge in [0, 0.05) is 25.0 Å². The van der Waals surface area contributed by atoms with Gasteiger partial charge in [-0.15, -0.1) is 0 Å². The van der Waals surface area contributed by atoms with E-state index in [0.717, 1.165) is 25.3 Å². The average molecular weight is 209 g/mol. The maximum atomic E-state index is 4.36. The molecular weight excluding hydrogens is 186 g/mol. The molecule has 1 aromatic rings. The standard InChI is InChI=1S/C12H23N3/c1-4-7-11(6-3)14-12-13-8-10-15(12)9-5-2/h8,10-11H,4-7,9H2,1-3H3,(H,13,14). The Morgan fingerprint density at radius 1 is 1.33 bits per heavy atom. The van der Waals surface area contributed by atoms with Gasteiger partial charge in [0.15, 0.2) is 0 Å². The summed E-state index contributed by atoms with van der Waals surface area (Å²) in [5.74, 6) is 1.03. The first-order chi connectivity index (χ1) is 7.31. The van der Waals surface area contributed by atoms with Gasteiger partial charge in [-0.3, -0.25) is 0 Å². The van der Waals surface area contributed by atoms with E-state index in [2.05, 4.69) is 35.6 Å². The monoisotopic (exact) mass is 209 g/mol. The summed E-state index contributed by atoms with van der Waals surface area (Å²) >= 11 is 0. The molecule has 3 nitrogen and oxygen atoms in total. The molecule has 0 saturated heterocycles. The Balaban J connectivity index is 2.57. The molecule has 3 heteroatoms. The zero-order valence-electron chi connectivity index (χ0n) is 10.2. The van der Waals surface area contributed by atoms with Crippen molar-refractivity contribution >= 4 is 5.95 Å². The van der Waals surface area contributed by atoms with Crippen molar-refractivity contribution in [2.24, 2.45) is 0 Å². The molecule has 0 aliphatic carbocycles. The van der Waals surface area contributed by atoms with Gasteiger partial charge in [0.1, 0.15) is 0 Å². The summed E-state index contributed by atoms with van der Waals surface area (Å²) in [5.41, 5.74) is 0. The highest BCUT2D eigenvalue weighted by molar-refractivity contribution is 5.27. The summed E-state index contributed by atoms with van der Waals surface area (Å²) in [6.07, 6.45) is 8.67. The summed E-state index contributed by atoms with van der Waals surface area (Å²) in [6.45, 7) is 7.68. The Hall–Kier alpha value is -0.990. The smallest absolute Gasteiger partial charge is 0.202 e. The third-order valence-corrected chi connectivity index (χ3v) is 2.64. The van der Waals surface area contributed by atoms with Gasteiger partial charge >= 0.3 is 0 Å². The molecule has 1 rings (SSSR count). The molecule has 1 aromatic heterocycles. The molecule has 86 valence electrons. The van der Waals surface area contributed by atoms with Crippen LogP contribution < -0.4 is 5.32 Å². The Morgan fingerprint density at radius 3 is 2.73 bits per heavy atom. The van der Waals surface area contributed by atoms with Gasteiger partial charge < -0.3 is 9.88 Å². The molecule has 0 radical (unpaired) electrons. The number of aryl methyl sites for hydroxylation is 1. The van der Waals surface area contributed by atoms with Gasteiger partial charge in [-0.05, 0) is 19.3 Å². The molecule has 0 spiro atoms. The Labute approximate surface area is 92.9 Å². The molecule has 1 unspecified atom stereocenters. The first-order valence-electron chi connectivity index (χ1n) is 6.09. The number of nitrogens with one attached hydrogen (secondary N) is 1. The highest BCUT2D eigenvalue weighted by Crippen LogP contribution is 2.11. The molecule has 1 N–H and O–H groups in total. The number of rotatable bonds is 7. The zero-order chi connectivity index (χ0) is 11.1. The van der Waals surface area contributed by atoms with Crippen LogP contribution in [0, 0.1) is 0 Å². The molecule has 15 heavy (non-hydrogen) atoms. The van der Waals surface area contributed by atoms with Crippen molar-refractivity contribution in [1.29, 1.82) is 0 Å². The predicted octanol–water partition coefficient (Wildman–Crippen LogP) is 3.28. The highest BCUT2D eigenvalue weighted by Gasteiger charge is 2.08. The molecular formula is C12H23N3. The SMILES string of the molecule is CCCC(CC)Nc1nccn1CCC. The van der Waals surface area contributed by atoms with Crippen LogP contribution in [0.5, 0.6) is 0 Å². The van der Waals surface area contributed by atoms with E-state index in [1.54, 1.807) is 0 Å². The van der Waals surface area contributed by atoms with E-state index in [9.17, 15) is 0 Å². The maximum absolute atomic E-state index is 4.36. The number of nitrogens with zero attached hydrogens (tertiary/aromatic N) is 2. The molecule has 0 aliphatic heterocycles. The van der Waals surface area contributed by atoms with Crippen LogP contribution in [0.4, 0.5) is 5.95 Å². The van der Waals surface area contributed by atoms with Crippen LogP contribution in [-0.2, 0) is 6.54 Å². The number of aromatic nitrogens is 2. The zero-order valence-corrected chi connectivity index (χ0v) is 10.2. The fourth-order valence-electron chi connectivity index (χ4n) is 1.78. The van der Waals surface area contributed by atoms with Crippen LogP contribution in [0.2, 0.25) is 0 Å². The van der Waals surface area contributed by atoms with Crippen molar-refractivity contribution in [3.63, 3.8) is 0 Å². The summed E-state index contributed by atoms with van der Waals surface area (Å²) in [4.78, 5) is 4.36. The highest BCUT2D eigenvalue weighted by atomic mass is 15.2. The van der Waals surface area contributed by atoms with E-state index in [0.29, 0.717) is 6.04 Å². The second-order valence-corrected chi connectivity index (χ2v) is 3.98. The Morgan fingerprint density at radius 2 is 2.13 bits per heavy atom. The largest absolute Gasteiger partial charge is 0.353 e. The van der Waals surface area contributed by atoms with Crippen molar-refractivity contribution in [2.75, 3.05) is 5.32 Å². The molecule has 0 amide bonds. The molecule has 0 fully saturated rings. The summed E-state index contributed by atoms with van der Waals surface area (Å²) in [7, 11) is 0. The number of imidazole rings is 1. The van der Waals surface area contributed by atoms with E-state index in [1.165, 1.54) is 12.8 Å². The van der Waals surface area contributed by atoms with Gasteiger partial charge in [0.2, 0.25) is 5.95 Å². The molecule has 0 aromatic carbocycles. The second-order valence-electron chi connectivity index (χ2n) is 3.98. The first-order valence-corrected chi connectivity index (χ1v) is 6.09. The van der Waals surface area contributed by atoms with Crippen molar-refractivity contribution in [1.82, 2.24) is 9.55 Å². The minimum atomic E-state index is 0.563. The lowest BCUT2D eigenvalue weighted by atomic mass is 10.1. The van der Waals surface area contributed by atoms with Crippen LogP contribution in [-0.4, -0.2) is 15.6 Å². The average Bonchev–Trinajstić information content (AvgIpc) is 2.66. The third-order valence-electron chi connectivity index (χ3n) is 2.64. The predicted molar refractivity (Wildman–Crippen MR) is 65.1 cm³/mol. The van der Waals surface area contributed by atoms with Crippen LogP contribution in [0.15, 0.2) is 12.4 Å². The van der Waals surface area contributed by atoms with E-state index >= 15 is 0 Å². The minimum Gasteiger partial charge on any atom is -0.353 e. The Bertz CT molecular complexity index is 268. The topological polar surface area (TPSA) is 29.9 Å². The van der Waals surface area contributed by atoms with Crippen molar-refractivity contribution in [2.45, 2.75) is 59.0 Å². The van der Waals surface area contributed by atoms with Gasteiger partial charge in [-0.25, -0.2) is 4.98 Å². The van der Waals surface area contributed by atoms with E-state index in [1.807, 2.05) is 12.4 Å². The van der Waals surface area contributed by atoms with E-state index < -0.39 is 0 Å². The van der Waals surface area contributed by atoms with Crippen molar-refractivity contribution in [3.8, 4) is 0 Å². The first kappa shape index (κ1) is 12.1. The van der Waals surface area contributed by atoms with Gasteiger partial charge in [0.25, 0.3) is 0 Å². The summed E-state index contributed by atoms with van der Waals surface area (Å²) in [6, 6.07) is 0.563. The normalized spacial score (nSPS) is 12.7. The molecule has 1 heterocycles. The van der Waals surface area contributed by atoms with E-state index in [4.69, 9.17) is 0 Å². The van der Waals surface area contributed by atoms with E-state index in [-0.39, 0.29) is 0 Å². The number of anilines is 1. The van der Waals surface area contributed by atoms with Gasteiger partial charge in [-0.1, -0.05) is 27.2 Å². The molecule has 1 atom stereocenters. The fourth-order valence-corrected chi connectivity index (χ4v) is 1.78. The van der Waals surface area contributed by atoms with Crippen LogP contribution in [0.25, 0.3) is 0 Å². The fraction of sp³-hybridized carbons (Fsp3) is 0.750. The van der Waals surface area contributed by atoms with Crippen LogP contribution in [0.1, 0.15) is 46.5 Å². The van der Waals surface area contributed by atoms with Crippen LogP contribution >= 0.6 is 0 Å². The molecule has 0 bridgehead atoms. The quantitative estimate of drug-likeness (QED) is 0.747. The maximum Gasteiger partial charge on any atom is 0.202 e.